The van der Waals surface area contributed by atoms with Crippen LogP contribution >= 0.6 is 0 Å². The highest BCUT2D eigenvalue weighted by molar-refractivity contribution is 5.99. The Bertz CT molecular complexity index is 1310. The summed E-state index contributed by atoms with van der Waals surface area (Å²) in [7, 11) is 2.01. The highest BCUT2D eigenvalue weighted by Gasteiger charge is 2.65. The molecule has 2 saturated carbocycles. The third-order valence-corrected chi connectivity index (χ3v) is 8.46. The van der Waals surface area contributed by atoms with Gasteiger partial charge in [-0.3, -0.25) is 14.2 Å². The summed E-state index contributed by atoms with van der Waals surface area (Å²) < 4.78 is 83.4. The molecule has 6 nitrogen and oxygen atoms in total. The highest BCUT2D eigenvalue weighted by Crippen LogP contribution is 2.55. The lowest BCUT2D eigenvalue weighted by Gasteiger charge is -2.37. The van der Waals surface area contributed by atoms with E-state index in [1.807, 2.05) is 7.05 Å². The second-order valence-corrected chi connectivity index (χ2v) is 11.1. The van der Waals surface area contributed by atoms with Gasteiger partial charge in [-0.05, 0) is 51.5 Å². The highest BCUT2D eigenvalue weighted by atomic mass is 19.4. The Morgan fingerprint density at radius 3 is 2.28 bits per heavy atom. The second kappa shape index (κ2) is 9.87. The fourth-order valence-electron chi connectivity index (χ4n) is 6.24. The summed E-state index contributed by atoms with van der Waals surface area (Å²) in [6, 6.07) is 3.32. The van der Waals surface area contributed by atoms with Gasteiger partial charge < -0.3 is 15.5 Å². The molecule has 0 spiro atoms. The number of rotatable bonds is 7. The van der Waals surface area contributed by atoms with Crippen molar-refractivity contribution in [3.63, 3.8) is 0 Å². The first-order valence-electron chi connectivity index (χ1n) is 13.0. The first kappa shape index (κ1) is 27.5. The topological polar surface area (TPSA) is 66.4 Å². The number of benzene rings is 1. The predicted octanol–water partition coefficient (Wildman–Crippen LogP) is 5.22. The molecule has 12 heteroatoms. The van der Waals surface area contributed by atoms with E-state index >= 15 is 0 Å². The van der Waals surface area contributed by atoms with Crippen LogP contribution in [0.3, 0.4) is 0 Å². The number of nitrogens with zero attached hydrogens (tertiary/aromatic N) is 2. The van der Waals surface area contributed by atoms with E-state index in [9.17, 15) is 35.9 Å². The van der Waals surface area contributed by atoms with Crippen molar-refractivity contribution in [1.82, 2.24) is 14.8 Å². The molecule has 2 bridgehead atoms. The van der Waals surface area contributed by atoms with Gasteiger partial charge in [-0.2, -0.15) is 13.2 Å². The van der Waals surface area contributed by atoms with Gasteiger partial charge in [0.15, 0.2) is 0 Å². The first-order valence-corrected chi connectivity index (χ1v) is 13.0. The monoisotopic (exact) mass is 556 g/mol. The maximum atomic E-state index is 14.7. The molecule has 3 fully saturated rings. The molecule has 1 aliphatic heterocycles. The lowest BCUT2D eigenvalue weighted by atomic mass is 9.92. The molecular formula is C27H30F6N4O2. The summed E-state index contributed by atoms with van der Waals surface area (Å²) in [6.45, 7) is 3.01. The van der Waals surface area contributed by atoms with Crippen LogP contribution < -0.4 is 16.2 Å². The van der Waals surface area contributed by atoms with E-state index in [4.69, 9.17) is 0 Å². The Morgan fingerprint density at radius 2 is 1.72 bits per heavy atom. The van der Waals surface area contributed by atoms with Crippen LogP contribution in [0.5, 0.6) is 0 Å². The number of halogens is 6. The van der Waals surface area contributed by atoms with Gasteiger partial charge in [0.05, 0.1) is 22.9 Å². The average molecular weight is 557 g/mol. The molecule has 5 rings (SSSR count). The molecule has 0 radical (unpaired) electrons. The molecule has 2 aliphatic carbocycles. The Hall–Kier alpha value is -3.02. The number of aromatic nitrogens is 1. The van der Waals surface area contributed by atoms with Crippen molar-refractivity contribution in [2.75, 3.05) is 25.5 Å². The largest absolute Gasteiger partial charge is 0.412 e. The number of alkyl halides is 5. The van der Waals surface area contributed by atoms with Crippen LogP contribution in [0.2, 0.25) is 0 Å². The van der Waals surface area contributed by atoms with E-state index in [1.165, 1.54) is 19.1 Å². The second-order valence-electron chi connectivity index (χ2n) is 11.1. The molecule has 212 valence electrons. The van der Waals surface area contributed by atoms with E-state index < -0.39 is 47.0 Å². The zero-order chi connectivity index (χ0) is 28.3. The summed E-state index contributed by atoms with van der Waals surface area (Å²) in [6.07, 6.45) is -5.52. The molecule has 1 unspecified atom stereocenters. The molecule has 1 aromatic heterocycles. The van der Waals surface area contributed by atoms with Crippen LogP contribution in [0.1, 0.15) is 66.6 Å². The van der Waals surface area contributed by atoms with E-state index in [0.29, 0.717) is 4.57 Å². The van der Waals surface area contributed by atoms with Crippen LogP contribution in [-0.2, 0) is 5.54 Å². The predicted molar refractivity (Wildman–Crippen MR) is 132 cm³/mol. The fraction of sp³-hybridized carbons (Fsp3) is 0.556. The van der Waals surface area contributed by atoms with Crippen molar-refractivity contribution in [1.29, 1.82) is 0 Å². The Balaban J connectivity index is 1.50. The van der Waals surface area contributed by atoms with Crippen LogP contribution in [0.4, 0.5) is 32.0 Å². The Morgan fingerprint density at radius 1 is 1.10 bits per heavy atom. The lowest BCUT2D eigenvalue weighted by Crippen LogP contribution is -2.47. The van der Waals surface area contributed by atoms with Crippen molar-refractivity contribution in [3.05, 3.63) is 63.3 Å². The van der Waals surface area contributed by atoms with Crippen molar-refractivity contribution in [2.45, 2.75) is 62.8 Å². The Kier molecular flexibility index (Phi) is 6.97. The van der Waals surface area contributed by atoms with E-state index in [1.54, 1.807) is 0 Å². The van der Waals surface area contributed by atoms with Crippen LogP contribution in [-0.4, -0.2) is 47.7 Å². The number of piperidine rings is 1. The number of carbonyl (C=O) groups excluding carboxylic acids is 1. The number of fused-ring (bicyclic) bond motifs is 2. The smallest absolute Gasteiger partial charge is 0.381 e. The SMILES string of the molecule is C[C@@H](NC(=O)c1cn(C2(C(F)(F)F)CC2)c(=O)cc1NC1[C@@H]2CC[C@H]1CN(C)C2)c1cccc(C(F)F)c1F. The molecule has 2 aromatic rings. The molecule has 1 amide bonds. The quantitative estimate of drug-likeness (QED) is 0.459. The molecule has 1 saturated heterocycles. The molecule has 4 atom stereocenters. The third-order valence-electron chi connectivity index (χ3n) is 8.46. The fourth-order valence-corrected chi connectivity index (χ4v) is 6.24. The zero-order valence-corrected chi connectivity index (χ0v) is 21.5. The minimum atomic E-state index is -4.70. The van der Waals surface area contributed by atoms with Crippen molar-refractivity contribution in [3.8, 4) is 0 Å². The summed E-state index contributed by atoms with van der Waals surface area (Å²) in [5, 5.41) is 5.82. The summed E-state index contributed by atoms with van der Waals surface area (Å²) in [5.74, 6) is -1.54. The zero-order valence-electron chi connectivity index (χ0n) is 21.5. The van der Waals surface area contributed by atoms with E-state index in [2.05, 4.69) is 15.5 Å². The number of likely N-dealkylation sites (tertiary alicyclic amines) is 1. The number of pyridine rings is 1. The standard InChI is InChI=1S/C27H30F6N4O2/c1-14(17-4-3-5-18(22(17)28)24(29)30)34-25(39)19-13-37(26(8-9-26)27(31,32)33)21(38)10-20(19)35-23-15-6-7-16(23)12-36(2)11-15/h3-5,10,13-16,23-24,35H,6-9,11-12H2,1-2H3,(H,34,39)/t14-,15-,16+,23?/m1/s1. The summed E-state index contributed by atoms with van der Waals surface area (Å²) >= 11 is 0. The third kappa shape index (κ3) is 4.92. The number of nitrogens with one attached hydrogen (secondary N) is 2. The number of hydrogen-bond acceptors (Lipinski definition) is 4. The number of hydrogen-bond donors (Lipinski definition) is 2. The van der Waals surface area contributed by atoms with E-state index in [0.717, 1.165) is 44.3 Å². The van der Waals surface area contributed by atoms with Gasteiger partial charge in [0, 0.05) is 37.0 Å². The van der Waals surface area contributed by atoms with E-state index in [-0.39, 0.29) is 47.5 Å². The van der Waals surface area contributed by atoms with Crippen LogP contribution in [0, 0.1) is 17.7 Å². The molecule has 3 aliphatic rings. The molecule has 2 N–H and O–H groups in total. The van der Waals surface area contributed by atoms with Gasteiger partial charge in [0.2, 0.25) is 0 Å². The van der Waals surface area contributed by atoms with Crippen LogP contribution in [0.15, 0.2) is 35.3 Å². The summed E-state index contributed by atoms with van der Waals surface area (Å²) in [4.78, 5) is 28.7. The molecule has 39 heavy (non-hydrogen) atoms. The lowest BCUT2D eigenvalue weighted by molar-refractivity contribution is -0.180. The maximum Gasteiger partial charge on any atom is 0.412 e. The van der Waals surface area contributed by atoms with Gasteiger partial charge in [-0.25, -0.2) is 13.2 Å². The van der Waals surface area contributed by atoms with Gasteiger partial charge in [0.25, 0.3) is 17.9 Å². The molecular weight excluding hydrogens is 526 g/mol. The number of carbonyl (C=O) groups is 1. The average Bonchev–Trinajstić information content (AvgIpc) is 3.62. The van der Waals surface area contributed by atoms with Crippen LogP contribution in [0.25, 0.3) is 0 Å². The summed E-state index contributed by atoms with van der Waals surface area (Å²) in [5.41, 5.74) is -4.36. The minimum Gasteiger partial charge on any atom is -0.381 e. The number of anilines is 1. The normalized spacial score (nSPS) is 25.0. The number of amides is 1. The minimum absolute atomic E-state index is 0.0712. The van der Waals surface area contributed by atoms with Crippen molar-refractivity contribution < 1.29 is 31.1 Å². The van der Waals surface area contributed by atoms with Crippen molar-refractivity contribution >= 4 is 11.6 Å². The van der Waals surface area contributed by atoms with Gasteiger partial charge in [0.1, 0.15) is 11.4 Å². The molecule has 1 aromatic carbocycles. The molecule has 2 heterocycles. The maximum absolute atomic E-state index is 14.7. The van der Waals surface area contributed by atoms with Crippen molar-refractivity contribution in [2.24, 2.45) is 11.8 Å². The first-order chi connectivity index (χ1) is 18.3. The van der Waals surface area contributed by atoms with Gasteiger partial charge in [-0.15, -0.1) is 0 Å². The van der Waals surface area contributed by atoms with Gasteiger partial charge in [-0.1, -0.05) is 18.2 Å². The van der Waals surface area contributed by atoms with Gasteiger partial charge >= 0.3 is 6.18 Å². The Labute approximate surface area is 221 Å².